The van der Waals surface area contributed by atoms with Crippen molar-refractivity contribution in [2.45, 2.75) is 32.2 Å². The summed E-state index contributed by atoms with van der Waals surface area (Å²) in [4.78, 5) is 16.0. The van der Waals surface area contributed by atoms with Crippen LogP contribution >= 0.6 is 0 Å². The molecule has 1 saturated heterocycles. The van der Waals surface area contributed by atoms with Gasteiger partial charge in [0.1, 0.15) is 5.75 Å². The van der Waals surface area contributed by atoms with Gasteiger partial charge in [0.15, 0.2) is 0 Å². The van der Waals surface area contributed by atoms with Crippen molar-refractivity contribution in [1.82, 2.24) is 4.90 Å². The fourth-order valence-corrected chi connectivity index (χ4v) is 2.91. The third-order valence-electron chi connectivity index (χ3n) is 4.14. The van der Waals surface area contributed by atoms with Gasteiger partial charge in [-0.25, -0.2) is 0 Å². The lowest BCUT2D eigenvalue weighted by atomic mass is 10.1. The van der Waals surface area contributed by atoms with Crippen molar-refractivity contribution in [3.05, 3.63) is 24.3 Å². The molecule has 0 radical (unpaired) electrons. The third kappa shape index (κ3) is 3.88. The minimum Gasteiger partial charge on any atom is -0.506 e. The number of piperazine rings is 1. The smallest absolute Gasteiger partial charge is 0.234 e. The van der Waals surface area contributed by atoms with Crippen molar-refractivity contribution in [3.8, 4) is 5.75 Å². The lowest BCUT2D eigenvalue weighted by Gasteiger charge is -2.39. The number of unbranched alkanes of at least 4 members (excludes halogenated alkanes) is 1. The molecule has 1 heterocycles. The number of aromatic hydroxyl groups is 1. The highest BCUT2D eigenvalue weighted by Crippen LogP contribution is 2.27. The fourth-order valence-electron chi connectivity index (χ4n) is 2.91. The average Bonchev–Trinajstić information content (AvgIpc) is 2.49. The molecule has 1 aromatic rings. The van der Waals surface area contributed by atoms with Crippen LogP contribution in [0.3, 0.4) is 0 Å². The van der Waals surface area contributed by atoms with Crippen molar-refractivity contribution < 1.29 is 9.90 Å². The Morgan fingerprint density at radius 3 is 2.52 bits per heavy atom. The van der Waals surface area contributed by atoms with Crippen LogP contribution in [0.15, 0.2) is 24.3 Å². The largest absolute Gasteiger partial charge is 0.506 e. The Hall–Kier alpha value is -1.75. The van der Waals surface area contributed by atoms with Crippen molar-refractivity contribution >= 4 is 11.6 Å². The Bertz CT molecular complexity index is 470. The number of anilines is 1. The predicted octanol–water partition coefficient (Wildman–Crippen LogP) is 1.56. The number of carbonyl (C=O) groups is 1. The number of rotatable bonds is 6. The molecule has 0 saturated carbocycles. The summed E-state index contributed by atoms with van der Waals surface area (Å²) >= 11 is 0. The van der Waals surface area contributed by atoms with Crippen LogP contribution in [0.2, 0.25) is 0 Å². The average molecular weight is 291 g/mol. The molecule has 5 nitrogen and oxygen atoms in total. The van der Waals surface area contributed by atoms with E-state index in [0.29, 0.717) is 5.75 Å². The number of primary amides is 1. The molecule has 2 rings (SSSR count). The van der Waals surface area contributed by atoms with Crippen molar-refractivity contribution in [1.29, 1.82) is 0 Å². The van der Waals surface area contributed by atoms with Gasteiger partial charge in [-0.3, -0.25) is 9.69 Å². The van der Waals surface area contributed by atoms with E-state index < -0.39 is 0 Å². The Kier molecular flexibility index (Phi) is 5.44. The van der Waals surface area contributed by atoms with E-state index >= 15 is 0 Å². The summed E-state index contributed by atoms with van der Waals surface area (Å²) < 4.78 is 0. The molecule has 0 bridgehead atoms. The quantitative estimate of drug-likeness (QED) is 0.834. The number of benzene rings is 1. The van der Waals surface area contributed by atoms with Gasteiger partial charge < -0.3 is 15.7 Å². The zero-order valence-electron chi connectivity index (χ0n) is 12.7. The maximum atomic E-state index is 11.6. The van der Waals surface area contributed by atoms with Gasteiger partial charge in [-0.05, 0) is 18.6 Å². The molecule has 0 spiro atoms. The first-order valence-corrected chi connectivity index (χ1v) is 7.69. The van der Waals surface area contributed by atoms with Crippen LogP contribution in [0.5, 0.6) is 5.75 Å². The number of nitrogens with two attached hydrogens (primary N) is 1. The van der Waals surface area contributed by atoms with Crippen molar-refractivity contribution in [2.75, 3.05) is 31.1 Å². The van der Waals surface area contributed by atoms with Gasteiger partial charge in [0.2, 0.25) is 5.91 Å². The molecular formula is C16H25N3O2. The SMILES string of the molecule is CCCCC(C(N)=O)N1CCN(c2ccccc2O)CC1. The van der Waals surface area contributed by atoms with Gasteiger partial charge in [-0.2, -0.15) is 0 Å². The van der Waals surface area contributed by atoms with Crippen LogP contribution in [0, 0.1) is 0 Å². The molecule has 0 aliphatic carbocycles. The predicted molar refractivity (Wildman–Crippen MR) is 84.4 cm³/mol. The summed E-state index contributed by atoms with van der Waals surface area (Å²) in [7, 11) is 0. The minimum absolute atomic E-state index is 0.156. The molecule has 21 heavy (non-hydrogen) atoms. The number of hydrogen-bond donors (Lipinski definition) is 2. The number of nitrogens with zero attached hydrogens (tertiary/aromatic N) is 2. The molecule has 116 valence electrons. The molecule has 3 N–H and O–H groups in total. The number of para-hydroxylation sites is 2. The molecule has 1 aromatic carbocycles. The number of phenolic OH excluding ortho intramolecular Hbond substituents is 1. The van der Waals surface area contributed by atoms with Gasteiger partial charge in [-0.1, -0.05) is 31.9 Å². The van der Waals surface area contributed by atoms with E-state index in [9.17, 15) is 9.90 Å². The van der Waals surface area contributed by atoms with E-state index in [4.69, 9.17) is 5.73 Å². The number of amides is 1. The van der Waals surface area contributed by atoms with E-state index in [-0.39, 0.29) is 11.9 Å². The first-order valence-electron chi connectivity index (χ1n) is 7.69. The second-order valence-electron chi connectivity index (χ2n) is 5.57. The Morgan fingerprint density at radius 1 is 1.29 bits per heavy atom. The first kappa shape index (κ1) is 15.6. The van der Waals surface area contributed by atoms with E-state index in [1.165, 1.54) is 0 Å². The number of carbonyl (C=O) groups excluding carboxylic acids is 1. The molecule has 1 amide bonds. The van der Waals surface area contributed by atoms with Crippen LogP contribution in [-0.4, -0.2) is 48.1 Å². The summed E-state index contributed by atoms with van der Waals surface area (Å²) in [5, 5.41) is 9.91. The van der Waals surface area contributed by atoms with Crippen LogP contribution in [0.4, 0.5) is 5.69 Å². The van der Waals surface area contributed by atoms with Gasteiger partial charge in [-0.15, -0.1) is 0 Å². The van der Waals surface area contributed by atoms with Gasteiger partial charge in [0.25, 0.3) is 0 Å². The van der Waals surface area contributed by atoms with E-state index in [0.717, 1.165) is 51.1 Å². The highest BCUT2D eigenvalue weighted by Gasteiger charge is 2.27. The summed E-state index contributed by atoms with van der Waals surface area (Å²) in [5.74, 6) is 0.0860. The van der Waals surface area contributed by atoms with Crippen molar-refractivity contribution in [2.24, 2.45) is 5.73 Å². The Balaban J connectivity index is 1.96. The van der Waals surface area contributed by atoms with Crippen LogP contribution in [-0.2, 0) is 4.79 Å². The molecule has 1 aliphatic rings. The Morgan fingerprint density at radius 2 is 1.95 bits per heavy atom. The Labute approximate surface area is 126 Å². The van der Waals surface area contributed by atoms with E-state index in [1.54, 1.807) is 6.07 Å². The zero-order chi connectivity index (χ0) is 15.2. The van der Waals surface area contributed by atoms with E-state index in [2.05, 4.69) is 16.7 Å². The van der Waals surface area contributed by atoms with Gasteiger partial charge >= 0.3 is 0 Å². The van der Waals surface area contributed by atoms with Crippen LogP contribution < -0.4 is 10.6 Å². The molecule has 0 aromatic heterocycles. The molecule has 1 atom stereocenters. The van der Waals surface area contributed by atoms with Gasteiger partial charge in [0, 0.05) is 26.2 Å². The maximum Gasteiger partial charge on any atom is 0.234 e. The highest BCUT2D eigenvalue weighted by atomic mass is 16.3. The number of phenols is 1. The first-order chi connectivity index (χ1) is 10.1. The second kappa shape index (κ2) is 7.31. The second-order valence-corrected chi connectivity index (χ2v) is 5.57. The lowest BCUT2D eigenvalue weighted by molar-refractivity contribution is -0.123. The summed E-state index contributed by atoms with van der Waals surface area (Å²) in [5.41, 5.74) is 6.41. The molecular weight excluding hydrogens is 266 g/mol. The minimum atomic E-state index is -0.223. The van der Waals surface area contributed by atoms with E-state index in [1.807, 2.05) is 18.2 Å². The summed E-state index contributed by atoms with van der Waals surface area (Å²) in [6.07, 6.45) is 2.93. The van der Waals surface area contributed by atoms with Gasteiger partial charge in [0.05, 0.1) is 11.7 Å². The third-order valence-corrected chi connectivity index (χ3v) is 4.14. The normalized spacial score (nSPS) is 17.7. The van der Waals surface area contributed by atoms with Crippen molar-refractivity contribution in [3.63, 3.8) is 0 Å². The molecule has 1 fully saturated rings. The van der Waals surface area contributed by atoms with Crippen LogP contribution in [0.1, 0.15) is 26.2 Å². The zero-order valence-corrected chi connectivity index (χ0v) is 12.7. The number of hydrogen-bond acceptors (Lipinski definition) is 4. The summed E-state index contributed by atoms with van der Waals surface area (Å²) in [6, 6.07) is 7.22. The maximum absolute atomic E-state index is 11.6. The monoisotopic (exact) mass is 291 g/mol. The standard InChI is InChI=1S/C16H25N3O2/c1-2-3-6-14(16(17)21)19-11-9-18(10-12-19)13-7-4-5-8-15(13)20/h4-5,7-8,14,20H,2-3,6,9-12H2,1H3,(H2,17,21). The lowest BCUT2D eigenvalue weighted by Crippen LogP contribution is -2.54. The van der Waals surface area contributed by atoms with Crippen LogP contribution in [0.25, 0.3) is 0 Å². The molecule has 1 unspecified atom stereocenters. The molecule has 5 heteroatoms. The highest BCUT2D eigenvalue weighted by molar-refractivity contribution is 5.79. The molecule has 1 aliphatic heterocycles. The fraction of sp³-hybridized carbons (Fsp3) is 0.562. The summed E-state index contributed by atoms with van der Waals surface area (Å²) in [6.45, 7) is 5.31. The topological polar surface area (TPSA) is 69.8 Å².